The third-order valence-corrected chi connectivity index (χ3v) is 3.91. The monoisotopic (exact) mass is 307 g/mol. The minimum Gasteiger partial charge on any atom is -0.481 e. The molecule has 0 aliphatic carbocycles. The Morgan fingerprint density at radius 3 is 2.73 bits per heavy atom. The van der Waals surface area contributed by atoms with Crippen LogP contribution in [0.25, 0.3) is 0 Å². The zero-order chi connectivity index (χ0) is 15.8. The van der Waals surface area contributed by atoms with Crippen molar-refractivity contribution < 1.29 is 24.2 Å². The van der Waals surface area contributed by atoms with Gasteiger partial charge >= 0.3 is 12.1 Å². The lowest BCUT2D eigenvalue weighted by Gasteiger charge is -2.27. The van der Waals surface area contributed by atoms with Gasteiger partial charge in [0.25, 0.3) is 0 Å². The second-order valence-electron chi connectivity index (χ2n) is 5.47. The Morgan fingerprint density at radius 2 is 2.00 bits per heavy atom. The molecular formula is C16H21NO5. The predicted octanol–water partition coefficient (Wildman–Crippen LogP) is 2.18. The Labute approximate surface area is 129 Å². The maximum Gasteiger partial charge on any atom is 0.407 e. The molecule has 0 spiro atoms. The molecule has 22 heavy (non-hydrogen) atoms. The molecule has 1 heterocycles. The highest BCUT2D eigenvalue weighted by Crippen LogP contribution is 2.30. The van der Waals surface area contributed by atoms with Gasteiger partial charge in [-0.05, 0) is 24.8 Å². The molecule has 120 valence electrons. The van der Waals surface area contributed by atoms with Gasteiger partial charge in [-0.3, -0.25) is 4.79 Å². The number of carbonyl (C=O) groups is 2. The van der Waals surface area contributed by atoms with E-state index in [0.717, 1.165) is 5.56 Å². The van der Waals surface area contributed by atoms with Crippen molar-refractivity contribution in [3.05, 3.63) is 35.9 Å². The summed E-state index contributed by atoms with van der Waals surface area (Å²) in [5.41, 5.74) is -0.0871. The summed E-state index contributed by atoms with van der Waals surface area (Å²) in [5.74, 6) is -0.902. The van der Waals surface area contributed by atoms with Crippen molar-refractivity contribution in [1.82, 2.24) is 5.32 Å². The van der Waals surface area contributed by atoms with Gasteiger partial charge in [0.15, 0.2) is 0 Å². The van der Waals surface area contributed by atoms with E-state index in [4.69, 9.17) is 9.47 Å². The zero-order valence-electron chi connectivity index (χ0n) is 12.4. The maximum atomic E-state index is 11.8. The largest absolute Gasteiger partial charge is 0.481 e. The molecule has 2 N–H and O–H groups in total. The van der Waals surface area contributed by atoms with E-state index in [2.05, 4.69) is 5.32 Å². The molecule has 1 fully saturated rings. The van der Waals surface area contributed by atoms with E-state index in [1.54, 1.807) is 0 Å². The Bertz CT molecular complexity index is 495. The summed E-state index contributed by atoms with van der Waals surface area (Å²) in [5, 5.41) is 12.1. The molecule has 0 radical (unpaired) electrons. The number of carbonyl (C=O) groups excluding carboxylic acids is 1. The van der Waals surface area contributed by atoms with E-state index >= 15 is 0 Å². The van der Waals surface area contributed by atoms with Crippen LogP contribution in [0.15, 0.2) is 30.3 Å². The van der Waals surface area contributed by atoms with Crippen molar-refractivity contribution in [3.63, 3.8) is 0 Å². The first-order valence-electron chi connectivity index (χ1n) is 7.38. The normalized spacial score (nSPS) is 21.6. The molecule has 1 saturated heterocycles. The Hall–Kier alpha value is -2.08. The average molecular weight is 307 g/mol. The molecule has 1 aliphatic heterocycles. The van der Waals surface area contributed by atoms with Crippen LogP contribution in [0.5, 0.6) is 0 Å². The molecule has 0 bridgehead atoms. The smallest absolute Gasteiger partial charge is 0.407 e. The van der Waals surface area contributed by atoms with E-state index in [9.17, 15) is 14.7 Å². The van der Waals surface area contributed by atoms with Crippen LogP contribution in [0.2, 0.25) is 0 Å². The van der Waals surface area contributed by atoms with Crippen LogP contribution in [-0.2, 0) is 20.9 Å². The highest BCUT2D eigenvalue weighted by molar-refractivity contribution is 5.76. The number of ether oxygens (including phenoxy) is 2. The number of hydrogen-bond acceptors (Lipinski definition) is 4. The summed E-state index contributed by atoms with van der Waals surface area (Å²) in [6.45, 7) is 1.18. The number of rotatable bonds is 5. The molecule has 2 rings (SSSR count). The minimum absolute atomic E-state index is 0.0549. The third-order valence-electron chi connectivity index (χ3n) is 3.91. The van der Waals surface area contributed by atoms with E-state index < -0.39 is 17.5 Å². The fourth-order valence-electron chi connectivity index (χ4n) is 2.49. The fraction of sp³-hybridized carbons (Fsp3) is 0.500. The number of nitrogens with one attached hydrogen (secondary N) is 1. The summed E-state index contributed by atoms with van der Waals surface area (Å²) in [4.78, 5) is 23.3. The van der Waals surface area contributed by atoms with Gasteiger partial charge in [-0.15, -0.1) is 0 Å². The molecule has 6 nitrogen and oxygen atoms in total. The average Bonchev–Trinajstić information content (AvgIpc) is 2.78. The van der Waals surface area contributed by atoms with Crippen molar-refractivity contribution in [2.45, 2.75) is 25.9 Å². The second-order valence-corrected chi connectivity index (χ2v) is 5.47. The number of aliphatic carboxylic acids is 1. The Balaban J connectivity index is 1.84. The van der Waals surface area contributed by atoms with E-state index in [1.807, 2.05) is 30.3 Å². The molecule has 0 saturated carbocycles. The minimum atomic E-state index is -0.970. The molecule has 1 unspecified atom stereocenters. The van der Waals surface area contributed by atoms with Crippen molar-refractivity contribution in [2.24, 2.45) is 5.41 Å². The summed E-state index contributed by atoms with van der Waals surface area (Å²) >= 11 is 0. The van der Waals surface area contributed by atoms with Crippen LogP contribution in [0.3, 0.4) is 0 Å². The van der Waals surface area contributed by atoms with Crippen molar-refractivity contribution in [2.75, 3.05) is 19.8 Å². The molecule has 1 atom stereocenters. The molecule has 1 aliphatic rings. The van der Waals surface area contributed by atoms with E-state index in [-0.39, 0.29) is 13.2 Å². The van der Waals surface area contributed by atoms with E-state index in [1.165, 1.54) is 0 Å². The third kappa shape index (κ3) is 4.46. The van der Waals surface area contributed by atoms with Gasteiger partial charge in [-0.2, -0.15) is 0 Å². The first-order chi connectivity index (χ1) is 10.6. The van der Waals surface area contributed by atoms with Gasteiger partial charge in [0.05, 0.1) is 5.41 Å². The molecule has 6 heteroatoms. The lowest BCUT2D eigenvalue weighted by atomic mass is 9.80. The van der Waals surface area contributed by atoms with Crippen molar-refractivity contribution >= 4 is 12.1 Å². The quantitative estimate of drug-likeness (QED) is 0.871. The van der Waals surface area contributed by atoms with Crippen molar-refractivity contribution in [3.8, 4) is 0 Å². The molecule has 1 aromatic rings. The number of amides is 1. The van der Waals surface area contributed by atoms with Gasteiger partial charge in [0.1, 0.15) is 6.61 Å². The number of hydrogen-bond donors (Lipinski definition) is 2. The van der Waals surface area contributed by atoms with Gasteiger partial charge in [-0.1, -0.05) is 30.3 Å². The summed E-state index contributed by atoms with van der Waals surface area (Å²) in [6.07, 6.45) is 0.949. The Morgan fingerprint density at radius 1 is 1.23 bits per heavy atom. The highest BCUT2D eigenvalue weighted by Gasteiger charge is 2.39. The first kappa shape index (κ1) is 16.3. The van der Waals surface area contributed by atoms with Crippen LogP contribution in [-0.4, -0.2) is 36.9 Å². The first-order valence-corrected chi connectivity index (χ1v) is 7.38. The van der Waals surface area contributed by atoms with Gasteiger partial charge in [0, 0.05) is 19.8 Å². The predicted molar refractivity (Wildman–Crippen MR) is 79.4 cm³/mol. The number of benzene rings is 1. The molecular weight excluding hydrogens is 286 g/mol. The number of alkyl carbamates (subject to hydrolysis) is 1. The lowest BCUT2D eigenvalue weighted by Crippen LogP contribution is -2.43. The summed E-state index contributed by atoms with van der Waals surface area (Å²) < 4.78 is 10.4. The van der Waals surface area contributed by atoms with Gasteiger partial charge in [-0.25, -0.2) is 4.79 Å². The van der Waals surface area contributed by atoms with Gasteiger partial charge < -0.3 is 19.9 Å². The van der Waals surface area contributed by atoms with E-state index in [0.29, 0.717) is 32.5 Å². The van der Waals surface area contributed by atoms with Crippen LogP contribution in [0.1, 0.15) is 24.8 Å². The standard InChI is InChI=1S/C16H21NO5/c18-14(19)16(7-4-9-21-10-8-16)12-17-15(20)22-11-13-5-2-1-3-6-13/h1-3,5-6H,4,7-12H2,(H,17,20)(H,18,19). The fourth-order valence-corrected chi connectivity index (χ4v) is 2.49. The number of carboxylic acids is 1. The van der Waals surface area contributed by atoms with Crippen molar-refractivity contribution in [1.29, 1.82) is 0 Å². The topological polar surface area (TPSA) is 84.9 Å². The highest BCUT2D eigenvalue weighted by atomic mass is 16.5. The van der Waals surface area contributed by atoms with Crippen LogP contribution < -0.4 is 5.32 Å². The zero-order valence-corrected chi connectivity index (χ0v) is 12.4. The maximum absolute atomic E-state index is 11.8. The second kappa shape index (κ2) is 7.79. The summed E-state index contributed by atoms with van der Waals surface area (Å²) in [6, 6.07) is 9.32. The van der Waals surface area contributed by atoms with Gasteiger partial charge in [0.2, 0.25) is 0 Å². The molecule has 1 amide bonds. The van der Waals surface area contributed by atoms with Crippen LogP contribution in [0, 0.1) is 5.41 Å². The van der Waals surface area contributed by atoms with Crippen LogP contribution >= 0.6 is 0 Å². The number of carboxylic acid groups (broad SMARTS) is 1. The summed E-state index contributed by atoms with van der Waals surface area (Å²) in [7, 11) is 0. The SMILES string of the molecule is O=C(NCC1(C(=O)O)CCCOCC1)OCc1ccccc1. The molecule has 1 aromatic carbocycles. The Kier molecular flexibility index (Phi) is 5.77. The lowest BCUT2D eigenvalue weighted by molar-refractivity contribution is -0.149. The van der Waals surface area contributed by atoms with Crippen LogP contribution in [0.4, 0.5) is 4.79 Å². The molecule has 0 aromatic heterocycles.